The van der Waals surface area contributed by atoms with Crippen LogP contribution < -0.4 is 0 Å². The molecule has 1 saturated carbocycles. The maximum Gasteiger partial charge on any atom is 0.534 e. The van der Waals surface area contributed by atoms with Crippen molar-refractivity contribution in [3.8, 4) is 0 Å². The van der Waals surface area contributed by atoms with E-state index in [2.05, 4.69) is 10.8 Å². The van der Waals surface area contributed by atoms with Crippen molar-refractivity contribution in [1.82, 2.24) is 0 Å². The van der Waals surface area contributed by atoms with Crippen molar-refractivity contribution in [1.29, 1.82) is 0 Å². The summed E-state index contributed by atoms with van der Waals surface area (Å²) in [7, 11) is -5.61. The molecule has 2 aliphatic rings. The van der Waals surface area contributed by atoms with E-state index >= 15 is 0 Å². The molecule has 1 aliphatic carbocycles. The number of hydrogen-bond acceptors (Lipinski definition) is 4. The Hall–Kier alpha value is -0.760. The van der Waals surface area contributed by atoms with Gasteiger partial charge in [0.15, 0.2) is 0 Å². The molecule has 8 heteroatoms. The van der Waals surface area contributed by atoms with E-state index in [0.717, 1.165) is 0 Å². The zero-order chi connectivity index (χ0) is 13.8. The average Bonchev–Trinajstić information content (AvgIpc) is 2.85. The van der Waals surface area contributed by atoms with E-state index in [1.165, 1.54) is 0 Å². The number of fused-ring (bicyclic) bond motifs is 1. The lowest BCUT2D eigenvalue weighted by Crippen LogP contribution is -2.28. The lowest BCUT2D eigenvalue weighted by atomic mass is 9.82. The third-order valence-corrected chi connectivity index (χ3v) is 4.48. The minimum atomic E-state index is -5.61. The molecule has 1 heterocycles. The van der Waals surface area contributed by atoms with Gasteiger partial charge in [-0.05, 0) is 26.2 Å². The Labute approximate surface area is 103 Å². The molecule has 0 aromatic carbocycles. The van der Waals surface area contributed by atoms with Crippen LogP contribution in [0.3, 0.4) is 0 Å². The molecule has 2 rings (SSSR count). The van der Waals surface area contributed by atoms with E-state index < -0.39 is 21.5 Å². The van der Waals surface area contributed by atoms with Crippen LogP contribution in [0.2, 0.25) is 0 Å². The van der Waals surface area contributed by atoms with Crippen LogP contribution in [0.25, 0.3) is 0 Å². The summed E-state index contributed by atoms with van der Waals surface area (Å²) in [6.07, 6.45) is 1.59. The van der Waals surface area contributed by atoms with Gasteiger partial charge >= 0.3 is 15.6 Å². The second-order valence-electron chi connectivity index (χ2n) is 4.84. The minimum absolute atomic E-state index is 0.0369. The smallest absolute Gasteiger partial charge is 0.381 e. The molecule has 2 unspecified atom stereocenters. The molecule has 0 aromatic rings. The first kappa shape index (κ1) is 13.7. The van der Waals surface area contributed by atoms with Gasteiger partial charge in [0.25, 0.3) is 0 Å². The summed E-state index contributed by atoms with van der Waals surface area (Å²) in [5, 5.41) is 0. The lowest BCUT2D eigenvalue weighted by molar-refractivity contribution is -0.0527. The molecule has 1 saturated heterocycles. The third kappa shape index (κ3) is 2.35. The van der Waals surface area contributed by atoms with Crippen LogP contribution in [-0.4, -0.2) is 25.6 Å². The van der Waals surface area contributed by atoms with Gasteiger partial charge in [-0.3, -0.25) is 0 Å². The number of epoxide rings is 1. The standard InChI is InChI=1S/C10H13F3O4S/c1-6(17-18(14,15)10(11,12)13)7-3-4-9(2)8(5-7)16-9/h7-8H,1,3-5H2,2H3/t7-,8?,9?/m1/s1. The highest BCUT2D eigenvalue weighted by molar-refractivity contribution is 7.87. The van der Waals surface area contributed by atoms with Crippen LogP contribution in [0.1, 0.15) is 26.2 Å². The van der Waals surface area contributed by atoms with Crippen molar-refractivity contribution in [3.05, 3.63) is 12.3 Å². The Morgan fingerprint density at radius 2 is 2.11 bits per heavy atom. The lowest BCUT2D eigenvalue weighted by Gasteiger charge is -2.24. The fourth-order valence-corrected chi connectivity index (χ4v) is 2.71. The predicted octanol–water partition coefficient (Wildman–Crippen LogP) is 2.32. The fraction of sp³-hybridized carbons (Fsp3) is 0.800. The molecule has 0 aromatic heterocycles. The van der Waals surface area contributed by atoms with Crippen molar-refractivity contribution in [2.24, 2.45) is 5.92 Å². The second-order valence-corrected chi connectivity index (χ2v) is 6.38. The van der Waals surface area contributed by atoms with Crippen molar-refractivity contribution in [3.63, 3.8) is 0 Å². The number of hydrogen-bond donors (Lipinski definition) is 0. The maximum atomic E-state index is 12.1. The SMILES string of the molecule is C=C(OS(=O)(=O)C(F)(F)F)[C@@H]1CCC2(C)OC2C1. The normalized spacial score (nSPS) is 35.8. The number of alkyl halides is 3. The fourth-order valence-electron chi connectivity index (χ4n) is 2.19. The highest BCUT2D eigenvalue weighted by Crippen LogP contribution is 2.50. The van der Waals surface area contributed by atoms with E-state index in [-0.39, 0.29) is 17.5 Å². The van der Waals surface area contributed by atoms with Gasteiger partial charge in [-0.25, -0.2) is 0 Å². The summed E-state index contributed by atoms with van der Waals surface area (Å²) in [6, 6.07) is 0. The third-order valence-electron chi connectivity index (χ3n) is 3.48. The van der Waals surface area contributed by atoms with E-state index in [4.69, 9.17) is 4.74 Å². The summed E-state index contributed by atoms with van der Waals surface area (Å²) in [6.45, 7) is 5.22. The zero-order valence-electron chi connectivity index (χ0n) is 9.66. The van der Waals surface area contributed by atoms with Gasteiger partial charge in [0, 0.05) is 5.92 Å². The molecule has 0 amide bonds. The van der Waals surface area contributed by atoms with E-state index in [1.54, 1.807) is 0 Å². The molecule has 0 spiro atoms. The molecule has 3 atom stereocenters. The maximum absolute atomic E-state index is 12.1. The molecule has 104 valence electrons. The van der Waals surface area contributed by atoms with Crippen molar-refractivity contribution < 1.29 is 30.5 Å². The van der Waals surface area contributed by atoms with Crippen molar-refractivity contribution in [2.45, 2.75) is 43.4 Å². The number of allylic oxidation sites excluding steroid dienone is 1. The molecular formula is C10H13F3O4S. The van der Waals surface area contributed by atoms with Gasteiger partial charge in [-0.1, -0.05) is 6.58 Å². The summed E-state index contributed by atoms with van der Waals surface area (Å²) in [4.78, 5) is 0. The first-order valence-corrected chi connectivity index (χ1v) is 6.83. The first-order chi connectivity index (χ1) is 8.05. The molecule has 0 N–H and O–H groups in total. The Morgan fingerprint density at radius 3 is 2.61 bits per heavy atom. The van der Waals surface area contributed by atoms with Gasteiger partial charge in [-0.15, -0.1) is 0 Å². The Kier molecular flexibility index (Phi) is 2.93. The number of halogens is 3. The molecule has 0 radical (unpaired) electrons. The first-order valence-electron chi connectivity index (χ1n) is 5.42. The summed E-state index contributed by atoms with van der Waals surface area (Å²) >= 11 is 0. The summed E-state index contributed by atoms with van der Waals surface area (Å²) in [5.41, 5.74) is -5.62. The van der Waals surface area contributed by atoms with Gasteiger partial charge < -0.3 is 8.92 Å². The van der Waals surface area contributed by atoms with Gasteiger partial charge in [-0.2, -0.15) is 21.6 Å². The molecule has 4 nitrogen and oxygen atoms in total. The topological polar surface area (TPSA) is 55.9 Å². The summed E-state index contributed by atoms with van der Waals surface area (Å²) in [5.74, 6) is -0.771. The number of rotatable bonds is 3. The number of ether oxygens (including phenoxy) is 1. The minimum Gasteiger partial charge on any atom is -0.381 e. The van der Waals surface area contributed by atoms with Crippen LogP contribution in [-0.2, 0) is 19.0 Å². The highest BCUT2D eigenvalue weighted by Gasteiger charge is 2.56. The molecule has 0 bridgehead atoms. The highest BCUT2D eigenvalue weighted by atomic mass is 32.2. The quantitative estimate of drug-likeness (QED) is 0.346. The monoisotopic (exact) mass is 286 g/mol. The van der Waals surface area contributed by atoms with Crippen LogP contribution in [0.5, 0.6) is 0 Å². The van der Waals surface area contributed by atoms with E-state index in [9.17, 15) is 21.6 Å². The van der Waals surface area contributed by atoms with Crippen LogP contribution in [0, 0.1) is 5.92 Å². The Bertz CT molecular complexity index is 470. The summed E-state index contributed by atoms with van der Waals surface area (Å²) < 4.78 is 67.4. The van der Waals surface area contributed by atoms with Gasteiger partial charge in [0.1, 0.15) is 5.76 Å². The predicted molar refractivity (Wildman–Crippen MR) is 55.8 cm³/mol. The van der Waals surface area contributed by atoms with Crippen LogP contribution >= 0.6 is 0 Å². The molecular weight excluding hydrogens is 273 g/mol. The van der Waals surface area contributed by atoms with Crippen molar-refractivity contribution in [2.75, 3.05) is 0 Å². The Balaban J connectivity index is 1.98. The van der Waals surface area contributed by atoms with E-state index in [1.807, 2.05) is 6.92 Å². The average molecular weight is 286 g/mol. The molecule has 1 aliphatic heterocycles. The molecule has 2 fully saturated rings. The molecule has 18 heavy (non-hydrogen) atoms. The second kappa shape index (κ2) is 3.86. The zero-order valence-corrected chi connectivity index (χ0v) is 10.5. The Morgan fingerprint density at radius 1 is 1.50 bits per heavy atom. The van der Waals surface area contributed by atoms with Crippen molar-refractivity contribution >= 4 is 10.1 Å². The largest absolute Gasteiger partial charge is 0.534 e. The van der Waals surface area contributed by atoms with Crippen LogP contribution in [0.15, 0.2) is 12.3 Å². The van der Waals surface area contributed by atoms with E-state index in [0.29, 0.717) is 19.3 Å². The van der Waals surface area contributed by atoms with Gasteiger partial charge in [0.05, 0.1) is 11.7 Å². The van der Waals surface area contributed by atoms with Gasteiger partial charge in [0.2, 0.25) is 0 Å². The van der Waals surface area contributed by atoms with Crippen LogP contribution in [0.4, 0.5) is 13.2 Å².